The maximum atomic E-state index is 5.52. The molecule has 0 fully saturated rings. The summed E-state index contributed by atoms with van der Waals surface area (Å²) in [4.78, 5) is 0.480. The second-order valence-corrected chi connectivity index (χ2v) is 5.79. The Balaban J connectivity index is 2.09. The first-order valence-electron chi connectivity index (χ1n) is 6.10. The summed E-state index contributed by atoms with van der Waals surface area (Å²) in [5, 5.41) is 0. The number of fused-ring (bicyclic) bond motifs is 1. The molecule has 0 radical (unpaired) electrons. The second-order valence-electron chi connectivity index (χ2n) is 4.68. The first kappa shape index (κ1) is 12.0. The fourth-order valence-corrected chi connectivity index (χ4v) is 2.98. The van der Waals surface area contributed by atoms with Gasteiger partial charge in [0.2, 0.25) is 0 Å². The predicted molar refractivity (Wildman–Crippen MR) is 71.4 cm³/mol. The Bertz CT molecular complexity index is 362. The molecule has 16 heavy (non-hydrogen) atoms. The Hall–Kier alpha value is -0.500. The van der Waals surface area contributed by atoms with E-state index >= 15 is 0 Å². The standard InChI is InChI=1S/C14H19BrO/c1-3-10(2)8-13(15)11-4-5-14-12(9-11)6-7-16-14/h4-5,9-10,13H,3,6-8H2,1-2H3. The molecule has 1 aromatic rings. The molecule has 0 aliphatic carbocycles. The number of rotatable bonds is 4. The summed E-state index contributed by atoms with van der Waals surface area (Å²) in [5.41, 5.74) is 2.76. The number of halogens is 1. The van der Waals surface area contributed by atoms with Gasteiger partial charge in [-0.2, -0.15) is 0 Å². The van der Waals surface area contributed by atoms with Gasteiger partial charge in [-0.05, 0) is 29.5 Å². The summed E-state index contributed by atoms with van der Waals surface area (Å²) in [7, 11) is 0. The van der Waals surface area contributed by atoms with Gasteiger partial charge in [-0.15, -0.1) is 0 Å². The van der Waals surface area contributed by atoms with Crippen LogP contribution in [0, 0.1) is 5.92 Å². The molecular weight excluding hydrogens is 264 g/mol. The number of benzene rings is 1. The van der Waals surface area contributed by atoms with Crippen molar-refractivity contribution in [1.29, 1.82) is 0 Å². The molecule has 2 unspecified atom stereocenters. The maximum absolute atomic E-state index is 5.52. The zero-order valence-electron chi connectivity index (χ0n) is 10.0. The van der Waals surface area contributed by atoms with E-state index in [0.717, 1.165) is 24.7 Å². The van der Waals surface area contributed by atoms with Crippen LogP contribution in [-0.4, -0.2) is 6.61 Å². The van der Waals surface area contributed by atoms with Crippen molar-refractivity contribution in [3.8, 4) is 5.75 Å². The van der Waals surface area contributed by atoms with E-state index in [2.05, 4.69) is 48.0 Å². The Kier molecular flexibility index (Phi) is 3.91. The Morgan fingerprint density at radius 2 is 2.25 bits per heavy atom. The normalized spacial score (nSPS) is 17.7. The summed E-state index contributed by atoms with van der Waals surface area (Å²) in [6.07, 6.45) is 3.51. The number of hydrogen-bond acceptors (Lipinski definition) is 1. The van der Waals surface area contributed by atoms with Crippen LogP contribution < -0.4 is 4.74 Å². The van der Waals surface area contributed by atoms with Crippen molar-refractivity contribution in [2.24, 2.45) is 5.92 Å². The van der Waals surface area contributed by atoms with Gasteiger partial charge < -0.3 is 4.74 Å². The van der Waals surface area contributed by atoms with Gasteiger partial charge >= 0.3 is 0 Å². The molecule has 0 saturated heterocycles. The Morgan fingerprint density at radius 3 is 3.00 bits per heavy atom. The van der Waals surface area contributed by atoms with Crippen molar-refractivity contribution in [2.45, 2.75) is 37.9 Å². The number of alkyl halides is 1. The van der Waals surface area contributed by atoms with Gasteiger partial charge in [0.1, 0.15) is 5.75 Å². The number of ether oxygens (including phenoxy) is 1. The van der Waals surface area contributed by atoms with E-state index in [1.165, 1.54) is 24.0 Å². The average Bonchev–Trinajstić information content (AvgIpc) is 2.75. The lowest BCUT2D eigenvalue weighted by molar-refractivity contribution is 0.357. The highest BCUT2D eigenvalue weighted by Crippen LogP contribution is 2.35. The molecule has 0 saturated carbocycles. The predicted octanol–water partition coefficient (Wildman–Crippen LogP) is 4.49. The lowest BCUT2D eigenvalue weighted by Crippen LogP contribution is -1.99. The summed E-state index contributed by atoms with van der Waals surface area (Å²) < 4.78 is 5.52. The van der Waals surface area contributed by atoms with E-state index in [1.54, 1.807) is 0 Å². The lowest BCUT2D eigenvalue weighted by atomic mass is 9.97. The maximum Gasteiger partial charge on any atom is 0.122 e. The van der Waals surface area contributed by atoms with Crippen LogP contribution in [0.3, 0.4) is 0 Å². The van der Waals surface area contributed by atoms with Crippen molar-refractivity contribution in [3.63, 3.8) is 0 Å². The number of hydrogen-bond donors (Lipinski definition) is 0. The van der Waals surface area contributed by atoms with Gasteiger partial charge in [-0.3, -0.25) is 0 Å². The van der Waals surface area contributed by atoms with Crippen molar-refractivity contribution >= 4 is 15.9 Å². The van der Waals surface area contributed by atoms with Gasteiger partial charge in [0.15, 0.2) is 0 Å². The highest BCUT2D eigenvalue weighted by Gasteiger charge is 2.16. The van der Waals surface area contributed by atoms with Gasteiger partial charge in [0, 0.05) is 11.2 Å². The van der Waals surface area contributed by atoms with Crippen molar-refractivity contribution in [1.82, 2.24) is 0 Å². The van der Waals surface area contributed by atoms with E-state index in [1.807, 2.05) is 0 Å². The molecule has 1 heterocycles. The average molecular weight is 283 g/mol. The zero-order valence-corrected chi connectivity index (χ0v) is 11.6. The van der Waals surface area contributed by atoms with Gasteiger partial charge in [0.05, 0.1) is 6.61 Å². The van der Waals surface area contributed by atoms with Crippen LogP contribution in [0.25, 0.3) is 0 Å². The van der Waals surface area contributed by atoms with E-state index < -0.39 is 0 Å². The van der Waals surface area contributed by atoms with Crippen molar-refractivity contribution in [3.05, 3.63) is 29.3 Å². The first-order valence-corrected chi connectivity index (χ1v) is 7.02. The molecular formula is C14H19BrO. The summed E-state index contributed by atoms with van der Waals surface area (Å²) in [5.74, 6) is 1.85. The monoisotopic (exact) mass is 282 g/mol. The van der Waals surface area contributed by atoms with Crippen LogP contribution in [0.15, 0.2) is 18.2 Å². The molecule has 88 valence electrons. The minimum atomic E-state index is 0.480. The highest BCUT2D eigenvalue weighted by atomic mass is 79.9. The van der Waals surface area contributed by atoms with Crippen LogP contribution in [0.1, 0.15) is 42.6 Å². The van der Waals surface area contributed by atoms with Gasteiger partial charge in [0.25, 0.3) is 0 Å². The van der Waals surface area contributed by atoms with Crippen LogP contribution >= 0.6 is 15.9 Å². The quantitative estimate of drug-likeness (QED) is 0.739. The fourth-order valence-electron chi connectivity index (χ4n) is 2.06. The largest absolute Gasteiger partial charge is 0.493 e. The topological polar surface area (TPSA) is 9.23 Å². The molecule has 1 aromatic carbocycles. The third kappa shape index (κ3) is 2.60. The minimum Gasteiger partial charge on any atom is -0.493 e. The molecule has 1 aliphatic heterocycles. The van der Waals surface area contributed by atoms with Crippen LogP contribution in [-0.2, 0) is 6.42 Å². The second kappa shape index (κ2) is 5.22. The SMILES string of the molecule is CCC(C)CC(Br)c1ccc2c(c1)CCO2. The van der Waals surface area contributed by atoms with E-state index in [-0.39, 0.29) is 0 Å². The Morgan fingerprint density at radius 1 is 1.44 bits per heavy atom. The van der Waals surface area contributed by atoms with Crippen molar-refractivity contribution in [2.75, 3.05) is 6.61 Å². The molecule has 0 bridgehead atoms. The van der Waals surface area contributed by atoms with E-state index in [9.17, 15) is 0 Å². The molecule has 2 atom stereocenters. The molecule has 2 heteroatoms. The highest BCUT2D eigenvalue weighted by molar-refractivity contribution is 9.09. The van der Waals surface area contributed by atoms with E-state index in [4.69, 9.17) is 4.74 Å². The summed E-state index contributed by atoms with van der Waals surface area (Å²) >= 11 is 3.79. The third-order valence-electron chi connectivity index (χ3n) is 3.38. The van der Waals surface area contributed by atoms with Crippen molar-refractivity contribution < 1.29 is 4.74 Å². The van der Waals surface area contributed by atoms with E-state index in [0.29, 0.717) is 4.83 Å². The molecule has 0 spiro atoms. The zero-order chi connectivity index (χ0) is 11.5. The molecule has 2 rings (SSSR count). The first-order chi connectivity index (χ1) is 7.70. The molecule has 0 N–H and O–H groups in total. The minimum absolute atomic E-state index is 0.480. The molecule has 1 nitrogen and oxygen atoms in total. The molecule has 1 aliphatic rings. The van der Waals surface area contributed by atoms with Crippen LogP contribution in [0.5, 0.6) is 5.75 Å². The van der Waals surface area contributed by atoms with Crippen LogP contribution in [0.4, 0.5) is 0 Å². The summed E-state index contributed by atoms with van der Waals surface area (Å²) in [6, 6.07) is 6.60. The smallest absolute Gasteiger partial charge is 0.122 e. The fraction of sp³-hybridized carbons (Fsp3) is 0.571. The third-order valence-corrected chi connectivity index (χ3v) is 4.28. The molecule has 0 aromatic heterocycles. The van der Waals surface area contributed by atoms with Gasteiger partial charge in [-0.1, -0.05) is 48.3 Å². The lowest BCUT2D eigenvalue weighted by Gasteiger charge is -2.15. The molecule has 0 amide bonds. The van der Waals surface area contributed by atoms with Gasteiger partial charge in [-0.25, -0.2) is 0 Å². The van der Waals surface area contributed by atoms with Crippen LogP contribution in [0.2, 0.25) is 0 Å². The Labute approximate surface area is 106 Å². The summed E-state index contributed by atoms with van der Waals surface area (Å²) in [6.45, 7) is 5.41.